The monoisotopic (exact) mass is 349 g/mol. The van der Waals surface area contributed by atoms with Gasteiger partial charge in [-0.15, -0.1) is 5.11 Å². The molecule has 24 heavy (non-hydrogen) atoms. The molecule has 128 valence electrons. The van der Waals surface area contributed by atoms with Crippen LogP contribution in [0.15, 0.2) is 39.4 Å². The van der Waals surface area contributed by atoms with E-state index in [0.29, 0.717) is 22.9 Å². The Balaban J connectivity index is 1.77. The van der Waals surface area contributed by atoms with Crippen molar-refractivity contribution in [1.82, 2.24) is 10.2 Å². The van der Waals surface area contributed by atoms with E-state index in [4.69, 9.17) is 10.9 Å². The molecule has 1 aliphatic heterocycles. The lowest BCUT2D eigenvalue weighted by Crippen LogP contribution is -2.18. The minimum Gasteiger partial charge on any atom is -0.382 e. The third-order valence-corrected chi connectivity index (χ3v) is 4.72. The molecule has 1 saturated heterocycles. The van der Waals surface area contributed by atoms with Crippen LogP contribution in [0.4, 0.5) is 17.3 Å². The standard InChI is InChI=1S/C14H19N7O2S/c15-13-12(14(20-19-13)21-6-1-2-7-21)18-17-9-10-4-3-5-11(8-10)24(16,22)23/h3-5,8H,1-2,6-7,9H2,(H3,15,19,20)(H2,16,22,23). The molecule has 0 bridgehead atoms. The topological polar surface area (TPSA) is 143 Å². The van der Waals surface area contributed by atoms with Crippen LogP contribution >= 0.6 is 0 Å². The number of primary sulfonamides is 1. The summed E-state index contributed by atoms with van der Waals surface area (Å²) in [5, 5.41) is 20.4. The van der Waals surface area contributed by atoms with Crippen molar-refractivity contribution in [2.24, 2.45) is 15.4 Å². The number of aromatic nitrogens is 2. The first-order valence-electron chi connectivity index (χ1n) is 7.53. The van der Waals surface area contributed by atoms with E-state index >= 15 is 0 Å². The highest BCUT2D eigenvalue weighted by Crippen LogP contribution is 2.34. The van der Waals surface area contributed by atoms with E-state index in [1.807, 2.05) is 0 Å². The van der Waals surface area contributed by atoms with Crippen molar-refractivity contribution in [2.45, 2.75) is 24.3 Å². The molecule has 0 aliphatic carbocycles. The van der Waals surface area contributed by atoms with Gasteiger partial charge < -0.3 is 10.6 Å². The van der Waals surface area contributed by atoms with Gasteiger partial charge in [0.25, 0.3) is 0 Å². The maximum atomic E-state index is 11.4. The van der Waals surface area contributed by atoms with Gasteiger partial charge in [-0.25, -0.2) is 13.6 Å². The Hall–Kier alpha value is -2.46. The molecule has 0 amide bonds. The zero-order valence-corrected chi connectivity index (χ0v) is 13.8. The molecule has 0 spiro atoms. The molecule has 10 heteroatoms. The Morgan fingerprint density at radius 1 is 1.29 bits per heavy atom. The Kier molecular flexibility index (Phi) is 4.49. The van der Waals surface area contributed by atoms with Crippen molar-refractivity contribution in [3.05, 3.63) is 29.8 Å². The number of nitrogen functional groups attached to an aromatic ring is 1. The second-order valence-corrected chi connectivity index (χ2v) is 7.16. The molecule has 9 nitrogen and oxygen atoms in total. The van der Waals surface area contributed by atoms with Crippen molar-refractivity contribution in [3.8, 4) is 0 Å². The summed E-state index contributed by atoms with van der Waals surface area (Å²) in [5.41, 5.74) is 7.08. The maximum absolute atomic E-state index is 11.4. The van der Waals surface area contributed by atoms with Crippen molar-refractivity contribution < 1.29 is 8.42 Å². The molecule has 2 aromatic rings. The number of nitrogens with zero attached hydrogens (tertiary/aromatic N) is 4. The van der Waals surface area contributed by atoms with Crippen LogP contribution in [0, 0.1) is 0 Å². The number of nitrogens with two attached hydrogens (primary N) is 2. The highest BCUT2D eigenvalue weighted by Gasteiger charge is 2.20. The summed E-state index contributed by atoms with van der Waals surface area (Å²) in [5.74, 6) is 1.06. The SMILES string of the molecule is Nc1[nH]nc(N2CCCC2)c1N=NCc1cccc(S(N)(=O)=O)c1. The Labute approximate surface area is 139 Å². The van der Waals surface area contributed by atoms with Crippen molar-refractivity contribution in [3.63, 3.8) is 0 Å². The molecule has 5 N–H and O–H groups in total. The molecule has 1 aromatic heterocycles. The van der Waals surface area contributed by atoms with Gasteiger partial charge in [-0.3, -0.25) is 5.10 Å². The number of hydrogen-bond donors (Lipinski definition) is 3. The average Bonchev–Trinajstić information content (AvgIpc) is 3.17. The summed E-state index contributed by atoms with van der Waals surface area (Å²) < 4.78 is 22.7. The lowest BCUT2D eigenvalue weighted by atomic mass is 10.2. The molecule has 0 atom stereocenters. The number of nitrogens with one attached hydrogen (secondary N) is 1. The highest BCUT2D eigenvalue weighted by atomic mass is 32.2. The van der Waals surface area contributed by atoms with Gasteiger partial charge in [0.1, 0.15) is 5.82 Å². The van der Waals surface area contributed by atoms with Crippen LogP contribution in [0.5, 0.6) is 0 Å². The van der Waals surface area contributed by atoms with Gasteiger partial charge in [0.2, 0.25) is 10.0 Å². The molecule has 0 unspecified atom stereocenters. The molecule has 2 heterocycles. The van der Waals surface area contributed by atoms with Crippen LogP contribution in [-0.4, -0.2) is 31.7 Å². The zero-order valence-electron chi connectivity index (χ0n) is 13.0. The van der Waals surface area contributed by atoms with Gasteiger partial charge in [0, 0.05) is 13.1 Å². The van der Waals surface area contributed by atoms with Crippen LogP contribution in [0.25, 0.3) is 0 Å². The quantitative estimate of drug-likeness (QED) is 0.701. The first kappa shape index (κ1) is 16.4. The first-order valence-corrected chi connectivity index (χ1v) is 9.08. The number of sulfonamides is 1. The fourth-order valence-corrected chi connectivity index (χ4v) is 3.18. The van der Waals surface area contributed by atoms with Crippen molar-refractivity contribution in [1.29, 1.82) is 0 Å². The predicted octanol–water partition coefficient (Wildman–Crippen LogP) is 1.52. The minimum absolute atomic E-state index is 0.0516. The lowest BCUT2D eigenvalue weighted by molar-refractivity contribution is 0.597. The van der Waals surface area contributed by atoms with Gasteiger partial charge in [-0.2, -0.15) is 10.2 Å². The highest BCUT2D eigenvalue weighted by molar-refractivity contribution is 7.89. The van der Waals surface area contributed by atoms with E-state index in [0.717, 1.165) is 25.9 Å². The molecule has 0 radical (unpaired) electrons. The van der Waals surface area contributed by atoms with Gasteiger partial charge in [0.15, 0.2) is 11.5 Å². The molecule has 1 aliphatic rings. The van der Waals surface area contributed by atoms with Gasteiger partial charge in [0.05, 0.1) is 11.4 Å². The van der Waals surface area contributed by atoms with Crippen molar-refractivity contribution >= 4 is 27.3 Å². The third kappa shape index (κ3) is 3.54. The fourth-order valence-electron chi connectivity index (χ4n) is 2.60. The van der Waals surface area contributed by atoms with Gasteiger partial charge in [-0.05, 0) is 30.5 Å². The Morgan fingerprint density at radius 2 is 2.04 bits per heavy atom. The van der Waals surface area contributed by atoms with E-state index in [9.17, 15) is 8.42 Å². The summed E-state index contributed by atoms with van der Waals surface area (Å²) >= 11 is 0. The molecule has 1 aromatic carbocycles. The van der Waals surface area contributed by atoms with Gasteiger partial charge in [-0.1, -0.05) is 12.1 Å². The maximum Gasteiger partial charge on any atom is 0.238 e. The summed E-state index contributed by atoms with van der Waals surface area (Å²) in [6.07, 6.45) is 2.23. The lowest BCUT2D eigenvalue weighted by Gasteiger charge is -2.13. The average molecular weight is 349 g/mol. The minimum atomic E-state index is -3.73. The van der Waals surface area contributed by atoms with Crippen molar-refractivity contribution in [2.75, 3.05) is 23.7 Å². The van der Waals surface area contributed by atoms with Crippen LogP contribution < -0.4 is 15.8 Å². The van der Waals surface area contributed by atoms with Crippen LogP contribution in [0.1, 0.15) is 18.4 Å². The number of benzene rings is 1. The molecule has 1 fully saturated rings. The van der Waals surface area contributed by atoms with E-state index in [2.05, 4.69) is 25.3 Å². The smallest absolute Gasteiger partial charge is 0.238 e. The summed E-state index contributed by atoms with van der Waals surface area (Å²) in [4.78, 5) is 2.17. The fraction of sp³-hybridized carbons (Fsp3) is 0.357. The molecule has 0 saturated carbocycles. The second-order valence-electron chi connectivity index (χ2n) is 5.60. The second kappa shape index (κ2) is 6.57. The van der Waals surface area contributed by atoms with E-state index in [-0.39, 0.29) is 11.4 Å². The predicted molar refractivity (Wildman–Crippen MR) is 90.5 cm³/mol. The number of rotatable bonds is 5. The number of H-pyrrole nitrogens is 1. The van der Waals surface area contributed by atoms with E-state index < -0.39 is 10.0 Å². The van der Waals surface area contributed by atoms with E-state index in [1.165, 1.54) is 12.1 Å². The van der Waals surface area contributed by atoms with Gasteiger partial charge >= 0.3 is 0 Å². The molecular formula is C14H19N7O2S. The summed E-state index contributed by atoms with van der Waals surface area (Å²) in [6.45, 7) is 2.06. The summed E-state index contributed by atoms with van der Waals surface area (Å²) in [6, 6.07) is 6.30. The normalized spacial score (nSPS) is 15.5. The van der Waals surface area contributed by atoms with Crippen LogP contribution in [0.3, 0.4) is 0 Å². The number of aromatic amines is 1. The molecule has 3 rings (SSSR count). The number of anilines is 2. The Bertz CT molecular complexity index is 854. The first-order chi connectivity index (χ1) is 11.4. The third-order valence-electron chi connectivity index (χ3n) is 3.81. The summed E-state index contributed by atoms with van der Waals surface area (Å²) in [7, 11) is -3.73. The zero-order chi connectivity index (χ0) is 17.2. The Morgan fingerprint density at radius 3 is 2.75 bits per heavy atom. The van der Waals surface area contributed by atoms with Crippen LogP contribution in [0.2, 0.25) is 0 Å². The van der Waals surface area contributed by atoms with E-state index in [1.54, 1.807) is 12.1 Å². The van der Waals surface area contributed by atoms with Crippen LogP contribution in [-0.2, 0) is 16.6 Å². The largest absolute Gasteiger partial charge is 0.382 e. The number of azo groups is 1. The number of hydrogen-bond acceptors (Lipinski definition) is 7. The molecular weight excluding hydrogens is 330 g/mol.